The Bertz CT molecular complexity index is 1470. The number of hydrogen-bond acceptors (Lipinski definition) is 5. The van der Waals surface area contributed by atoms with Crippen LogP contribution in [0.3, 0.4) is 0 Å². The van der Waals surface area contributed by atoms with Gasteiger partial charge in [0.05, 0.1) is 12.8 Å². The molecule has 4 heterocycles. The number of rotatable bonds is 4. The molecule has 5 rings (SSSR count). The normalized spacial score (nSPS) is 11.3. The van der Waals surface area contributed by atoms with Crippen LogP contribution in [0.25, 0.3) is 39.5 Å². The van der Waals surface area contributed by atoms with Crippen LogP contribution in [0.5, 0.6) is 5.75 Å². The van der Waals surface area contributed by atoms with Crippen molar-refractivity contribution in [3.8, 4) is 39.8 Å². The van der Waals surface area contributed by atoms with Gasteiger partial charge in [-0.05, 0) is 48.7 Å². The van der Waals surface area contributed by atoms with E-state index in [-0.39, 0.29) is 0 Å². The SMILES string of the molecule is COc1cccc(-c2cn3nc(-c4nccn4C)nc(Cl)c3c2-c2cc(C)ccn2)c1C. The predicted octanol–water partition coefficient (Wildman–Crippen LogP) is 5.14. The maximum absolute atomic E-state index is 6.76. The molecule has 0 N–H and O–H groups in total. The number of aromatic nitrogens is 6. The maximum Gasteiger partial charge on any atom is 0.217 e. The summed E-state index contributed by atoms with van der Waals surface area (Å²) < 4.78 is 9.19. The van der Waals surface area contributed by atoms with Gasteiger partial charge >= 0.3 is 0 Å². The third kappa shape index (κ3) is 3.22. The van der Waals surface area contributed by atoms with Crippen LogP contribution in [-0.4, -0.2) is 36.2 Å². The molecule has 5 aromatic rings. The van der Waals surface area contributed by atoms with Crippen molar-refractivity contribution in [2.24, 2.45) is 7.05 Å². The highest BCUT2D eigenvalue weighted by atomic mass is 35.5. The molecule has 0 saturated carbocycles. The molecular weight excluding hydrogens is 424 g/mol. The molecule has 0 radical (unpaired) electrons. The summed E-state index contributed by atoms with van der Waals surface area (Å²) in [4.78, 5) is 13.6. The van der Waals surface area contributed by atoms with Gasteiger partial charge in [-0.25, -0.2) is 14.5 Å². The molecule has 32 heavy (non-hydrogen) atoms. The van der Waals surface area contributed by atoms with E-state index < -0.39 is 0 Å². The Labute approximate surface area is 190 Å². The molecule has 1 aromatic carbocycles. The molecule has 0 amide bonds. The smallest absolute Gasteiger partial charge is 0.217 e. The first kappa shape index (κ1) is 20.2. The summed E-state index contributed by atoms with van der Waals surface area (Å²) >= 11 is 6.76. The topological polar surface area (TPSA) is 70.1 Å². The van der Waals surface area contributed by atoms with E-state index in [2.05, 4.69) is 21.0 Å². The van der Waals surface area contributed by atoms with Crippen molar-refractivity contribution >= 4 is 17.1 Å². The number of nitrogens with zero attached hydrogens (tertiary/aromatic N) is 6. The van der Waals surface area contributed by atoms with Crippen molar-refractivity contribution in [2.75, 3.05) is 7.11 Å². The van der Waals surface area contributed by atoms with Crippen molar-refractivity contribution in [2.45, 2.75) is 13.8 Å². The number of hydrogen-bond donors (Lipinski definition) is 0. The second kappa shape index (κ2) is 7.76. The van der Waals surface area contributed by atoms with Crippen molar-refractivity contribution < 1.29 is 4.74 Å². The van der Waals surface area contributed by atoms with Gasteiger partial charge in [0.1, 0.15) is 11.3 Å². The summed E-state index contributed by atoms with van der Waals surface area (Å²) in [5, 5.41) is 5.08. The first-order valence-corrected chi connectivity index (χ1v) is 10.5. The molecule has 0 bridgehead atoms. The van der Waals surface area contributed by atoms with Crippen LogP contribution >= 0.6 is 11.6 Å². The minimum atomic E-state index is 0.336. The molecule has 0 fully saturated rings. The molecule has 8 heteroatoms. The van der Waals surface area contributed by atoms with Crippen molar-refractivity contribution in [3.63, 3.8) is 0 Å². The van der Waals surface area contributed by atoms with Gasteiger partial charge in [0.15, 0.2) is 11.0 Å². The molecule has 0 aliphatic heterocycles. The van der Waals surface area contributed by atoms with Gasteiger partial charge in [0, 0.05) is 43.0 Å². The summed E-state index contributed by atoms with van der Waals surface area (Å²) in [5.74, 6) is 1.89. The van der Waals surface area contributed by atoms with Gasteiger partial charge in [0.2, 0.25) is 5.82 Å². The summed E-state index contributed by atoms with van der Waals surface area (Å²) in [6.07, 6.45) is 7.32. The average molecular weight is 445 g/mol. The highest BCUT2D eigenvalue weighted by Gasteiger charge is 2.23. The third-order valence-electron chi connectivity index (χ3n) is 5.58. The number of halogens is 1. The number of benzene rings is 1. The Morgan fingerprint density at radius 2 is 1.88 bits per heavy atom. The van der Waals surface area contributed by atoms with Crippen LogP contribution in [0.2, 0.25) is 5.15 Å². The minimum absolute atomic E-state index is 0.336. The van der Waals surface area contributed by atoms with Crippen LogP contribution < -0.4 is 4.74 Å². The van der Waals surface area contributed by atoms with Gasteiger partial charge in [-0.15, -0.1) is 5.10 Å². The van der Waals surface area contributed by atoms with Crippen molar-refractivity contribution in [3.05, 3.63) is 71.4 Å². The van der Waals surface area contributed by atoms with Gasteiger partial charge in [-0.3, -0.25) is 4.98 Å². The molecule has 7 nitrogen and oxygen atoms in total. The highest BCUT2D eigenvalue weighted by Crippen LogP contribution is 2.41. The largest absolute Gasteiger partial charge is 0.496 e. The Morgan fingerprint density at radius 1 is 1.03 bits per heavy atom. The van der Waals surface area contributed by atoms with Gasteiger partial charge in [-0.2, -0.15) is 0 Å². The monoisotopic (exact) mass is 444 g/mol. The number of methoxy groups -OCH3 is 1. The van der Waals surface area contributed by atoms with E-state index in [0.29, 0.717) is 22.3 Å². The quantitative estimate of drug-likeness (QED) is 0.384. The lowest BCUT2D eigenvalue weighted by molar-refractivity contribution is 0.412. The molecule has 160 valence electrons. The first-order valence-electron chi connectivity index (χ1n) is 10.1. The molecule has 0 unspecified atom stereocenters. The van der Waals surface area contributed by atoms with Crippen LogP contribution in [0, 0.1) is 13.8 Å². The van der Waals surface area contributed by atoms with Gasteiger partial charge in [-0.1, -0.05) is 23.7 Å². The molecular formula is C24H21ClN6O. The highest BCUT2D eigenvalue weighted by molar-refractivity contribution is 6.33. The van der Waals surface area contributed by atoms with Gasteiger partial charge < -0.3 is 9.30 Å². The zero-order valence-electron chi connectivity index (χ0n) is 18.2. The number of aryl methyl sites for hydroxylation is 2. The molecule has 0 aliphatic carbocycles. The van der Waals surface area contributed by atoms with Gasteiger partial charge in [0.25, 0.3) is 0 Å². The van der Waals surface area contributed by atoms with E-state index >= 15 is 0 Å². The van der Waals surface area contributed by atoms with Crippen LogP contribution in [0.4, 0.5) is 0 Å². The number of ether oxygens (including phenoxy) is 1. The Morgan fingerprint density at radius 3 is 2.59 bits per heavy atom. The third-order valence-corrected chi connectivity index (χ3v) is 5.84. The lowest BCUT2D eigenvalue weighted by atomic mass is 9.96. The Kier molecular flexibility index (Phi) is 4.90. The summed E-state index contributed by atoms with van der Waals surface area (Å²) in [5.41, 5.74) is 6.47. The lowest BCUT2D eigenvalue weighted by Gasteiger charge is -2.11. The second-order valence-electron chi connectivity index (χ2n) is 7.65. The molecule has 4 aromatic heterocycles. The fourth-order valence-electron chi connectivity index (χ4n) is 3.98. The molecule has 0 saturated heterocycles. The van der Waals surface area contributed by atoms with Crippen LogP contribution in [0.15, 0.2) is 55.1 Å². The van der Waals surface area contributed by atoms with Crippen molar-refractivity contribution in [1.29, 1.82) is 0 Å². The average Bonchev–Trinajstić information content (AvgIpc) is 3.37. The number of pyridine rings is 1. The molecule has 0 aliphatic rings. The number of imidazole rings is 1. The van der Waals surface area contributed by atoms with E-state index in [9.17, 15) is 0 Å². The summed E-state index contributed by atoms with van der Waals surface area (Å²) in [6.45, 7) is 4.08. The molecule has 0 atom stereocenters. The van der Waals surface area contributed by atoms with E-state index in [0.717, 1.165) is 39.3 Å². The zero-order chi connectivity index (χ0) is 22.4. The fraction of sp³-hybridized carbons (Fsp3) is 0.167. The van der Waals surface area contributed by atoms with Crippen LogP contribution in [-0.2, 0) is 7.05 Å². The maximum atomic E-state index is 6.76. The second-order valence-corrected chi connectivity index (χ2v) is 8.01. The minimum Gasteiger partial charge on any atom is -0.496 e. The Hall–Kier alpha value is -3.71. The standard InChI is InChI=1S/C24H21ClN6O/c1-14-8-9-26-18(12-14)20-17(16-6-5-7-19(32-4)15(16)2)13-31-21(20)22(25)28-23(29-31)24-27-10-11-30(24)3/h5-13H,1-4H3. The molecule has 0 spiro atoms. The predicted molar refractivity (Wildman–Crippen MR) is 125 cm³/mol. The van der Waals surface area contributed by atoms with E-state index in [1.807, 2.05) is 62.1 Å². The van der Waals surface area contributed by atoms with E-state index in [4.69, 9.17) is 21.4 Å². The fourth-order valence-corrected chi connectivity index (χ4v) is 4.24. The van der Waals surface area contributed by atoms with E-state index in [1.54, 1.807) is 24.0 Å². The van der Waals surface area contributed by atoms with Crippen molar-refractivity contribution in [1.82, 2.24) is 29.1 Å². The number of fused-ring (bicyclic) bond motifs is 1. The lowest BCUT2D eigenvalue weighted by Crippen LogP contribution is -2.02. The first-order chi connectivity index (χ1) is 15.5. The van der Waals surface area contributed by atoms with E-state index in [1.165, 1.54) is 0 Å². The Balaban J connectivity index is 1.86. The van der Waals surface area contributed by atoms with Crippen LogP contribution in [0.1, 0.15) is 11.1 Å². The zero-order valence-corrected chi connectivity index (χ0v) is 18.9. The summed E-state index contributed by atoms with van der Waals surface area (Å²) in [7, 11) is 3.57. The summed E-state index contributed by atoms with van der Waals surface area (Å²) in [6, 6.07) is 9.99.